The average molecular weight is 400 g/mol. The molecule has 0 spiro atoms. The highest BCUT2D eigenvalue weighted by Gasteiger charge is 2.22. The molecule has 0 bridgehead atoms. The van der Waals surface area contributed by atoms with E-state index in [2.05, 4.69) is 4.98 Å². The number of rotatable bonds is 5. The van der Waals surface area contributed by atoms with Crippen molar-refractivity contribution in [1.29, 1.82) is 0 Å². The van der Waals surface area contributed by atoms with Crippen LogP contribution in [0.15, 0.2) is 30.5 Å². The maximum absolute atomic E-state index is 14.9. The van der Waals surface area contributed by atoms with Crippen molar-refractivity contribution >= 4 is 33.3 Å². The number of halogens is 1. The minimum absolute atomic E-state index is 0.0582. The second kappa shape index (κ2) is 7.67. The van der Waals surface area contributed by atoms with Crippen LogP contribution in [-0.2, 0) is 11.2 Å². The van der Waals surface area contributed by atoms with Crippen LogP contribution in [0, 0.1) is 19.7 Å². The highest BCUT2D eigenvalue weighted by atomic mass is 32.2. The number of aromatic carboxylic acids is 1. The summed E-state index contributed by atoms with van der Waals surface area (Å²) >= 11 is 0. The van der Waals surface area contributed by atoms with Gasteiger partial charge in [-0.15, -0.1) is 0 Å². The average Bonchev–Trinajstić information content (AvgIpc) is 2.90. The molecule has 5 nitrogen and oxygen atoms in total. The summed E-state index contributed by atoms with van der Waals surface area (Å²) in [5.74, 6) is -1.92. The molecule has 0 aliphatic rings. The topological polar surface area (TPSA) is 71.7 Å². The van der Waals surface area contributed by atoms with Gasteiger partial charge in [0.15, 0.2) is 5.78 Å². The van der Waals surface area contributed by atoms with Gasteiger partial charge in [-0.1, -0.05) is 0 Å². The first-order chi connectivity index (χ1) is 13.2. The number of carboxylic acid groups (broad SMARTS) is 1. The third kappa shape index (κ3) is 3.89. The van der Waals surface area contributed by atoms with Crippen LogP contribution in [-0.4, -0.2) is 44.1 Å². The van der Waals surface area contributed by atoms with Crippen LogP contribution in [0.1, 0.15) is 27.2 Å². The molecule has 7 heteroatoms. The normalized spacial score (nSPS) is 11.2. The first-order valence-corrected chi connectivity index (χ1v) is 10.7. The van der Waals surface area contributed by atoms with E-state index in [0.717, 1.165) is 11.6 Å². The highest BCUT2D eigenvalue weighted by molar-refractivity contribution is 8.14. The molecule has 0 aliphatic heterocycles. The number of hydrogen-bond donors (Lipinski definition) is 1. The molecule has 3 aromatic rings. The van der Waals surface area contributed by atoms with Gasteiger partial charge in [0.25, 0.3) is 0 Å². The smallest absolute Gasteiger partial charge is 0.335 e. The van der Waals surface area contributed by atoms with Gasteiger partial charge in [0.1, 0.15) is 11.5 Å². The number of aromatic nitrogens is 2. The number of carbonyl (C=O) groups is 2. The lowest BCUT2D eigenvalue weighted by Crippen LogP contribution is -2.08. The number of nitrogens with zero attached hydrogens (tertiary/aromatic N) is 2. The number of imidazole rings is 1. The lowest BCUT2D eigenvalue weighted by molar-refractivity contribution is -0.111. The van der Waals surface area contributed by atoms with Crippen molar-refractivity contribution in [2.45, 2.75) is 20.3 Å². The molecule has 2 aromatic heterocycles. The molecule has 0 amide bonds. The second-order valence-corrected chi connectivity index (χ2v) is 8.93. The summed E-state index contributed by atoms with van der Waals surface area (Å²) in [7, 11) is -0.156. The highest BCUT2D eigenvalue weighted by Crippen LogP contribution is 2.31. The molecule has 3 rings (SSSR count). The summed E-state index contributed by atoms with van der Waals surface area (Å²) < 4.78 is 16.7. The molecule has 0 unspecified atom stereocenters. The van der Waals surface area contributed by atoms with Crippen molar-refractivity contribution in [1.82, 2.24) is 9.38 Å². The van der Waals surface area contributed by atoms with Gasteiger partial charge in [0.2, 0.25) is 0 Å². The molecule has 1 aromatic carbocycles. The van der Waals surface area contributed by atoms with Crippen molar-refractivity contribution in [3.05, 3.63) is 58.7 Å². The SMILES string of the molecule is Cc1ccn2c(CC(=O)C=S(C)C)c(-c3c(C)cc(C(=O)O)cc3F)nc2c1. The van der Waals surface area contributed by atoms with Crippen molar-refractivity contribution in [3.63, 3.8) is 0 Å². The van der Waals surface area contributed by atoms with E-state index in [1.807, 2.05) is 37.8 Å². The summed E-state index contributed by atoms with van der Waals surface area (Å²) in [5, 5.41) is 10.8. The van der Waals surface area contributed by atoms with Crippen LogP contribution < -0.4 is 0 Å². The lowest BCUT2D eigenvalue weighted by atomic mass is 9.99. The van der Waals surface area contributed by atoms with Gasteiger partial charge < -0.3 is 9.51 Å². The Balaban J connectivity index is 2.26. The van der Waals surface area contributed by atoms with E-state index in [0.29, 0.717) is 22.6 Å². The standard InChI is InChI=1S/C21H21FN2O3S/c1-12-5-6-24-17(10-15(25)11-28(3)4)20(23-18(24)7-12)19-13(2)8-14(21(26)27)9-16(19)22/h5-9,11H,10H2,1-4H3,(H,26,27). The second-order valence-electron chi connectivity index (χ2n) is 6.94. The largest absolute Gasteiger partial charge is 0.478 e. The Morgan fingerprint density at radius 1 is 1.25 bits per heavy atom. The maximum atomic E-state index is 14.9. The summed E-state index contributed by atoms with van der Waals surface area (Å²) in [6.45, 7) is 3.58. The summed E-state index contributed by atoms with van der Waals surface area (Å²) in [6, 6.07) is 6.18. The van der Waals surface area contributed by atoms with Crippen molar-refractivity contribution in [2.24, 2.45) is 0 Å². The number of ketones is 1. The monoisotopic (exact) mass is 400 g/mol. The summed E-state index contributed by atoms with van der Waals surface area (Å²) in [4.78, 5) is 28.3. The van der Waals surface area contributed by atoms with Crippen LogP contribution in [0.3, 0.4) is 0 Å². The zero-order chi connectivity index (χ0) is 20.6. The van der Waals surface area contributed by atoms with Gasteiger partial charge in [-0.25, -0.2) is 14.2 Å². The number of pyridine rings is 1. The molecule has 0 atom stereocenters. The number of Topliss-reactive ketones (excluding diaryl/α,β-unsaturated/α-hetero) is 1. The zero-order valence-electron chi connectivity index (χ0n) is 16.1. The number of benzene rings is 1. The molecular formula is C21H21FN2O3S. The van der Waals surface area contributed by atoms with E-state index in [9.17, 15) is 14.0 Å². The number of hydrogen-bond acceptors (Lipinski definition) is 3. The van der Waals surface area contributed by atoms with E-state index in [1.54, 1.807) is 16.7 Å². The zero-order valence-corrected chi connectivity index (χ0v) is 16.9. The van der Waals surface area contributed by atoms with Crippen molar-refractivity contribution < 1.29 is 19.1 Å². The first-order valence-electron chi connectivity index (χ1n) is 8.63. The Labute approximate surface area is 164 Å². The Morgan fingerprint density at radius 2 is 1.96 bits per heavy atom. The van der Waals surface area contributed by atoms with Gasteiger partial charge in [-0.2, -0.15) is 10.5 Å². The van der Waals surface area contributed by atoms with Crippen LogP contribution >= 0.6 is 10.5 Å². The number of fused-ring (bicyclic) bond motifs is 1. The fraction of sp³-hybridized carbons (Fsp3) is 0.238. The minimum Gasteiger partial charge on any atom is -0.478 e. The molecule has 28 heavy (non-hydrogen) atoms. The lowest BCUT2D eigenvalue weighted by Gasteiger charge is -2.09. The number of aryl methyl sites for hydroxylation is 2. The quantitative estimate of drug-likeness (QED) is 0.660. The molecule has 1 N–H and O–H groups in total. The van der Waals surface area contributed by atoms with Gasteiger partial charge in [0, 0.05) is 17.1 Å². The third-order valence-corrected chi connectivity index (χ3v) is 5.09. The Bertz CT molecular complexity index is 1120. The van der Waals surface area contributed by atoms with Crippen molar-refractivity contribution in [2.75, 3.05) is 12.5 Å². The predicted molar refractivity (Wildman–Crippen MR) is 111 cm³/mol. The Hall–Kier alpha value is -2.80. The predicted octanol–water partition coefficient (Wildman–Crippen LogP) is 3.90. The molecule has 0 saturated heterocycles. The Kier molecular flexibility index (Phi) is 5.47. The van der Waals surface area contributed by atoms with Crippen LogP contribution in [0.2, 0.25) is 0 Å². The van der Waals surface area contributed by atoms with Crippen LogP contribution in [0.25, 0.3) is 16.9 Å². The first kappa shape index (κ1) is 19.9. The molecule has 146 valence electrons. The molecule has 0 fully saturated rings. The molecule has 0 aliphatic carbocycles. The molecular weight excluding hydrogens is 379 g/mol. The summed E-state index contributed by atoms with van der Waals surface area (Å²) in [6.07, 6.45) is 5.81. The van der Waals surface area contributed by atoms with E-state index in [1.165, 1.54) is 6.07 Å². The van der Waals surface area contributed by atoms with E-state index in [4.69, 9.17) is 5.11 Å². The molecule has 2 heterocycles. The van der Waals surface area contributed by atoms with E-state index < -0.39 is 11.8 Å². The van der Waals surface area contributed by atoms with E-state index >= 15 is 0 Å². The number of carboxylic acids is 1. The van der Waals surface area contributed by atoms with Gasteiger partial charge >= 0.3 is 5.97 Å². The fourth-order valence-corrected chi connectivity index (χ4v) is 3.81. The van der Waals surface area contributed by atoms with Crippen LogP contribution in [0.4, 0.5) is 4.39 Å². The van der Waals surface area contributed by atoms with Crippen molar-refractivity contribution in [3.8, 4) is 11.3 Å². The van der Waals surface area contributed by atoms with E-state index in [-0.39, 0.29) is 33.8 Å². The minimum atomic E-state index is -1.19. The third-order valence-electron chi connectivity index (χ3n) is 4.36. The molecule has 0 saturated carbocycles. The van der Waals surface area contributed by atoms with Gasteiger partial charge in [0.05, 0.1) is 23.4 Å². The fourth-order valence-electron chi connectivity index (χ4n) is 3.20. The molecule has 0 radical (unpaired) electrons. The summed E-state index contributed by atoms with van der Waals surface area (Å²) in [5.41, 5.74) is 3.13. The van der Waals surface area contributed by atoms with Gasteiger partial charge in [-0.3, -0.25) is 4.79 Å². The van der Waals surface area contributed by atoms with Crippen LogP contribution in [0.5, 0.6) is 0 Å². The number of carbonyl (C=O) groups excluding carboxylic acids is 1. The maximum Gasteiger partial charge on any atom is 0.335 e. The Morgan fingerprint density at radius 3 is 2.57 bits per heavy atom. The van der Waals surface area contributed by atoms with Gasteiger partial charge in [-0.05, 0) is 61.8 Å².